The molecule has 1 N–H and O–H groups in total. The molecule has 25 heavy (non-hydrogen) atoms. The number of hydrogen-bond acceptors (Lipinski definition) is 4. The molecule has 130 valence electrons. The molecule has 0 fully saturated rings. The number of hydrogen-bond donors (Lipinski definition) is 1. The van der Waals surface area contributed by atoms with Crippen LogP contribution in [0, 0.1) is 6.92 Å². The van der Waals surface area contributed by atoms with Gasteiger partial charge in [0.2, 0.25) is 0 Å². The second kappa shape index (κ2) is 7.25. The Morgan fingerprint density at radius 2 is 1.88 bits per heavy atom. The number of aromatic nitrogens is 2. The van der Waals surface area contributed by atoms with Gasteiger partial charge in [-0.2, -0.15) is 0 Å². The lowest BCUT2D eigenvalue weighted by molar-refractivity contribution is 0.102. The highest BCUT2D eigenvalue weighted by molar-refractivity contribution is 6.04. The summed E-state index contributed by atoms with van der Waals surface area (Å²) in [5.74, 6) is 1.08. The van der Waals surface area contributed by atoms with Crippen LogP contribution >= 0.6 is 0 Å². The first kappa shape index (κ1) is 16.8. The second-order valence-corrected chi connectivity index (χ2v) is 5.54. The minimum atomic E-state index is -0.199. The number of carbonyl (C=O) groups is 1. The summed E-state index contributed by atoms with van der Waals surface area (Å²) in [6.45, 7) is 6.81. The number of imidazole rings is 1. The molecule has 0 saturated heterocycles. The van der Waals surface area contributed by atoms with Crippen molar-refractivity contribution in [1.82, 2.24) is 9.38 Å². The number of carbonyl (C=O) groups excluding carboxylic acids is 1. The summed E-state index contributed by atoms with van der Waals surface area (Å²) in [5.41, 5.74) is 2.85. The van der Waals surface area contributed by atoms with Gasteiger partial charge < -0.3 is 19.2 Å². The fraction of sp³-hybridized carbons (Fsp3) is 0.263. The van der Waals surface area contributed by atoms with Gasteiger partial charge >= 0.3 is 0 Å². The fourth-order valence-electron chi connectivity index (χ4n) is 2.58. The van der Waals surface area contributed by atoms with Crippen molar-refractivity contribution in [3.8, 4) is 11.5 Å². The normalized spacial score (nSPS) is 10.7. The molecule has 2 heterocycles. The van der Waals surface area contributed by atoms with E-state index in [0.29, 0.717) is 36.0 Å². The molecule has 0 atom stereocenters. The first-order chi connectivity index (χ1) is 12.1. The van der Waals surface area contributed by atoms with Crippen LogP contribution in [0.4, 0.5) is 5.69 Å². The van der Waals surface area contributed by atoms with E-state index in [1.54, 1.807) is 30.3 Å². The molecule has 6 heteroatoms. The fourth-order valence-corrected chi connectivity index (χ4v) is 2.58. The Morgan fingerprint density at radius 1 is 1.12 bits per heavy atom. The van der Waals surface area contributed by atoms with E-state index < -0.39 is 0 Å². The van der Waals surface area contributed by atoms with Gasteiger partial charge in [0.1, 0.15) is 5.65 Å². The van der Waals surface area contributed by atoms with Crippen LogP contribution in [0.5, 0.6) is 11.5 Å². The van der Waals surface area contributed by atoms with Gasteiger partial charge in [0.15, 0.2) is 11.5 Å². The van der Waals surface area contributed by atoms with Gasteiger partial charge in [0, 0.05) is 29.7 Å². The van der Waals surface area contributed by atoms with Crippen LogP contribution in [0.3, 0.4) is 0 Å². The maximum Gasteiger partial charge on any atom is 0.255 e. The average molecular weight is 339 g/mol. The van der Waals surface area contributed by atoms with Gasteiger partial charge in [-0.05, 0) is 45.0 Å². The molecule has 0 saturated carbocycles. The summed E-state index contributed by atoms with van der Waals surface area (Å²) in [5, 5.41) is 2.89. The Balaban J connectivity index is 1.82. The number of nitrogens with zero attached hydrogens (tertiary/aromatic N) is 2. The Hall–Kier alpha value is -3.02. The lowest BCUT2D eigenvalue weighted by Gasteiger charge is -2.13. The smallest absolute Gasteiger partial charge is 0.255 e. The minimum absolute atomic E-state index is 0.199. The van der Waals surface area contributed by atoms with Crippen LogP contribution in [-0.2, 0) is 0 Å². The van der Waals surface area contributed by atoms with Gasteiger partial charge in [-0.25, -0.2) is 4.98 Å². The standard InChI is InChI=1S/C19H21N3O3/c1-4-24-16-7-6-15(11-17(16)25-5-2)21-19(23)14-8-9-22-12-13(3)20-18(22)10-14/h6-12H,4-5H2,1-3H3,(H,21,23). The predicted octanol–water partition coefficient (Wildman–Crippen LogP) is 3.69. The van der Waals surface area contributed by atoms with E-state index in [0.717, 1.165) is 11.3 Å². The summed E-state index contributed by atoms with van der Waals surface area (Å²) < 4.78 is 13.0. The summed E-state index contributed by atoms with van der Waals surface area (Å²) in [6.07, 6.45) is 3.74. The highest BCUT2D eigenvalue weighted by Crippen LogP contribution is 2.30. The van der Waals surface area contributed by atoms with Crippen molar-refractivity contribution >= 4 is 17.2 Å². The van der Waals surface area contributed by atoms with Gasteiger partial charge in [-0.1, -0.05) is 0 Å². The Kier molecular flexibility index (Phi) is 4.88. The molecular formula is C19H21N3O3. The van der Waals surface area contributed by atoms with E-state index in [1.807, 2.05) is 37.6 Å². The average Bonchev–Trinajstić information content (AvgIpc) is 2.96. The van der Waals surface area contributed by atoms with Gasteiger partial charge in [-0.3, -0.25) is 4.79 Å². The third kappa shape index (κ3) is 3.74. The first-order valence-electron chi connectivity index (χ1n) is 8.27. The number of aryl methyl sites for hydroxylation is 1. The van der Waals surface area contributed by atoms with Crippen molar-refractivity contribution in [1.29, 1.82) is 0 Å². The van der Waals surface area contributed by atoms with Crippen LogP contribution in [0.2, 0.25) is 0 Å². The van der Waals surface area contributed by atoms with E-state index in [-0.39, 0.29) is 5.91 Å². The molecule has 3 rings (SSSR count). The Labute approximate surface area is 146 Å². The highest BCUT2D eigenvalue weighted by atomic mass is 16.5. The molecule has 2 aromatic heterocycles. The molecular weight excluding hydrogens is 318 g/mol. The van der Waals surface area contributed by atoms with Crippen molar-refractivity contribution in [3.63, 3.8) is 0 Å². The number of pyridine rings is 1. The predicted molar refractivity (Wildman–Crippen MR) is 96.7 cm³/mol. The number of amides is 1. The van der Waals surface area contributed by atoms with E-state index in [1.165, 1.54) is 0 Å². The van der Waals surface area contributed by atoms with Crippen LogP contribution in [0.15, 0.2) is 42.7 Å². The number of fused-ring (bicyclic) bond motifs is 1. The molecule has 1 amide bonds. The number of ether oxygens (including phenoxy) is 2. The quantitative estimate of drug-likeness (QED) is 0.744. The monoisotopic (exact) mass is 339 g/mol. The zero-order chi connectivity index (χ0) is 17.8. The van der Waals surface area contributed by atoms with Gasteiger partial charge in [0.25, 0.3) is 5.91 Å². The maximum absolute atomic E-state index is 12.5. The van der Waals surface area contributed by atoms with Crippen molar-refractivity contribution in [2.75, 3.05) is 18.5 Å². The number of benzene rings is 1. The molecule has 0 aliphatic heterocycles. The SMILES string of the molecule is CCOc1ccc(NC(=O)c2ccn3cc(C)nc3c2)cc1OCC. The van der Waals surface area contributed by atoms with E-state index in [4.69, 9.17) is 9.47 Å². The number of rotatable bonds is 6. The Bertz CT molecular complexity index is 902. The second-order valence-electron chi connectivity index (χ2n) is 5.54. The molecule has 0 aliphatic carbocycles. The van der Waals surface area contributed by atoms with Crippen LogP contribution < -0.4 is 14.8 Å². The third-order valence-corrected chi connectivity index (χ3v) is 3.64. The summed E-state index contributed by atoms with van der Waals surface area (Å²) in [6, 6.07) is 8.89. The van der Waals surface area contributed by atoms with Crippen molar-refractivity contribution < 1.29 is 14.3 Å². The first-order valence-corrected chi connectivity index (χ1v) is 8.27. The zero-order valence-corrected chi connectivity index (χ0v) is 14.6. The lowest BCUT2D eigenvalue weighted by Crippen LogP contribution is -2.12. The van der Waals surface area contributed by atoms with Crippen LogP contribution in [0.1, 0.15) is 29.9 Å². The summed E-state index contributed by atoms with van der Waals surface area (Å²) in [7, 11) is 0. The van der Waals surface area contributed by atoms with Crippen LogP contribution in [0.25, 0.3) is 5.65 Å². The highest BCUT2D eigenvalue weighted by Gasteiger charge is 2.11. The molecule has 3 aromatic rings. The third-order valence-electron chi connectivity index (χ3n) is 3.64. The summed E-state index contributed by atoms with van der Waals surface area (Å²) >= 11 is 0. The summed E-state index contributed by atoms with van der Waals surface area (Å²) in [4.78, 5) is 16.9. The molecule has 0 unspecified atom stereocenters. The molecule has 0 aliphatic rings. The molecule has 6 nitrogen and oxygen atoms in total. The number of nitrogens with one attached hydrogen (secondary N) is 1. The number of anilines is 1. The molecule has 0 bridgehead atoms. The minimum Gasteiger partial charge on any atom is -0.490 e. The van der Waals surface area contributed by atoms with E-state index in [9.17, 15) is 4.79 Å². The zero-order valence-electron chi connectivity index (χ0n) is 14.6. The van der Waals surface area contributed by atoms with Crippen molar-refractivity contribution in [2.45, 2.75) is 20.8 Å². The molecule has 0 radical (unpaired) electrons. The van der Waals surface area contributed by atoms with Gasteiger partial charge in [0.05, 0.1) is 18.9 Å². The van der Waals surface area contributed by atoms with Crippen LogP contribution in [-0.4, -0.2) is 28.5 Å². The molecule has 0 spiro atoms. The van der Waals surface area contributed by atoms with E-state index in [2.05, 4.69) is 10.3 Å². The largest absolute Gasteiger partial charge is 0.490 e. The van der Waals surface area contributed by atoms with Crippen molar-refractivity contribution in [3.05, 3.63) is 54.0 Å². The lowest BCUT2D eigenvalue weighted by atomic mass is 10.2. The van der Waals surface area contributed by atoms with E-state index >= 15 is 0 Å². The molecule has 1 aromatic carbocycles. The maximum atomic E-state index is 12.5. The van der Waals surface area contributed by atoms with Crippen molar-refractivity contribution in [2.24, 2.45) is 0 Å². The topological polar surface area (TPSA) is 64.9 Å². The Morgan fingerprint density at radius 3 is 2.64 bits per heavy atom. The van der Waals surface area contributed by atoms with Gasteiger partial charge in [-0.15, -0.1) is 0 Å².